The van der Waals surface area contributed by atoms with Gasteiger partial charge in [-0.1, -0.05) is 0 Å². The fourth-order valence-electron chi connectivity index (χ4n) is 0. The van der Waals surface area contributed by atoms with Gasteiger partial charge in [0.05, 0.1) is 0 Å². The molecule has 0 spiro atoms. The minimum atomic E-state index is 0. The Labute approximate surface area is 25.4 Å². The van der Waals surface area contributed by atoms with Gasteiger partial charge in [0.15, 0.2) is 0 Å². The highest BCUT2D eigenvalue weighted by atomic mass is 16.2. The first-order chi connectivity index (χ1) is 1.41. The summed E-state index contributed by atoms with van der Waals surface area (Å²) in [7, 11) is 0. The van der Waals surface area contributed by atoms with Crippen LogP contribution in [0.1, 0.15) is 6.92 Å². The second-order valence-electron chi connectivity index (χ2n) is 0.316. The summed E-state index contributed by atoms with van der Waals surface area (Å²) in [4.78, 5) is 0. The first-order valence-corrected chi connectivity index (χ1v) is 1.02. The molecule has 0 aliphatic heterocycles. The predicted molar refractivity (Wildman–Crippen MR) is 14.7 cm³/mol. The van der Waals surface area contributed by atoms with Gasteiger partial charge in [-0.2, -0.15) is 0 Å². The first kappa shape index (κ1) is 9.07. The minimum absolute atomic E-state index is 0. The third-order valence-electron chi connectivity index (χ3n) is 0. The monoisotopic (exact) mass is 63.0 g/mol. The van der Waals surface area contributed by atoms with E-state index in [0.29, 0.717) is 0 Å². The molecule has 0 saturated heterocycles. The summed E-state index contributed by atoms with van der Waals surface area (Å²) in [5.74, 6) is 0. The maximum atomic E-state index is 7.57. The quantitative estimate of drug-likeness (QED) is 0.424. The van der Waals surface area contributed by atoms with Crippen LogP contribution < -0.4 is 0 Å². The van der Waals surface area contributed by atoms with Crippen molar-refractivity contribution < 1.29 is 10.6 Å². The Morgan fingerprint density at radius 2 is 1.75 bits per heavy atom. The van der Waals surface area contributed by atoms with Gasteiger partial charge in [-0.15, -0.1) is 0 Å². The average molecular weight is 63.1 g/mol. The van der Waals surface area contributed by atoms with Gasteiger partial charge < -0.3 is 10.6 Å². The normalized spacial score (nSPS) is 4.50. The molecule has 0 atom stereocenters. The summed E-state index contributed by atoms with van der Waals surface area (Å²) in [6.45, 7) is 1.93. The van der Waals surface area contributed by atoms with E-state index in [2.05, 4.69) is 0 Å². The lowest BCUT2D eigenvalue weighted by atomic mass is 10.9. The van der Waals surface area contributed by atoms with Crippen LogP contribution in [0.3, 0.4) is 0 Å². The molecule has 0 aliphatic rings. The third kappa shape index (κ3) is 254. The van der Waals surface area contributed by atoms with Crippen molar-refractivity contribution in [3.05, 3.63) is 0 Å². The van der Waals surface area contributed by atoms with Crippen LogP contribution in [0.5, 0.6) is 0 Å². The van der Waals surface area contributed by atoms with Gasteiger partial charge >= 0.3 is 0 Å². The first-order valence-electron chi connectivity index (χ1n) is 1.02. The van der Waals surface area contributed by atoms with E-state index in [4.69, 9.17) is 5.11 Å². The molecule has 0 saturated carbocycles. The van der Waals surface area contributed by atoms with Gasteiger partial charge in [0, 0.05) is 6.61 Å². The topological polar surface area (TPSA) is 50.2 Å². The molecule has 0 aromatic heterocycles. The minimum Gasteiger partial charge on any atom is -0.870 e. The van der Waals surface area contributed by atoms with Crippen molar-refractivity contribution in [1.82, 2.24) is 0 Å². The van der Waals surface area contributed by atoms with Crippen molar-refractivity contribution in [2.45, 2.75) is 6.92 Å². The Morgan fingerprint density at radius 1 is 1.75 bits per heavy atom. The van der Waals surface area contributed by atoms with Crippen LogP contribution in [-0.2, 0) is 0 Å². The van der Waals surface area contributed by atoms with Crippen LogP contribution in [0.25, 0.3) is 0 Å². The third-order valence-corrected chi connectivity index (χ3v) is 0. The molecule has 0 heterocycles. The molecule has 2 N–H and O–H groups in total. The van der Waals surface area contributed by atoms with Crippen LogP contribution in [0.4, 0.5) is 0 Å². The maximum Gasteiger partial charge on any atom is 0.0402 e. The zero-order chi connectivity index (χ0) is 2.71. The number of aliphatic hydroxyl groups excluding tert-OH is 1. The molecule has 28 valence electrons. The molecular weight excluding hydrogens is 56.0 g/mol. The Morgan fingerprint density at radius 3 is 1.75 bits per heavy atom. The van der Waals surface area contributed by atoms with Gasteiger partial charge in [0.25, 0.3) is 0 Å². The standard InChI is InChI=1S/C2H6O.H2O/c1-2-3;/h3H,2H2,1H3;1H2/p-1. The van der Waals surface area contributed by atoms with Crippen LogP contribution in [0.2, 0.25) is 0 Å². The highest BCUT2D eigenvalue weighted by Gasteiger charge is 1.34. The molecule has 0 bridgehead atoms. The summed E-state index contributed by atoms with van der Waals surface area (Å²) in [5.41, 5.74) is 0. The SMILES string of the molecule is CCO.[OH-]. The van der Waals surface area contributed by atoms with E-state index in [-0.39, 0.29) is 12.1 Å². The number of hydrogen-bond donors (Lipinski definition) is 1. The second-order valence-corrected chi connectivity index (χ2v) is 0.316. The summed E-state index contributed by atoms with van der Waals surface area (Å²) < 4.78 is 0. The zero-order valence-electron chi connectivity index (χ0n) is 2.60. The lowest BCUT2D eigenvalue weighted by Gasteiger charge is -1.52. The van der Waals surface area contributed by atoms with E-state index in [1.165, 1.54) is 0 Å². The van der Waals surface area contributed by atoms with E-state index < -0.39 is 0 Å². The summed E-state index contributed by atoms with van der Waals surface area (Å²) in [6.07, 6.45) is 0. The van der Waals surface area contributed by atoms with Gasteiger partial charge in [0.1, 0.15) is 0 Å². The summed E-state index contributed by atoms with van der Waals surface area (Å²) >= 11 is 0. The molecule has 0 unspecified atom stereocenters. The Balaban J connectivity index is 0. The fourth-order valence-corrected chi connectivity index (χ4v) is 0. The lowest BCUT2D eigenvalue weighted by Crippen LogP contribution is -1.57. The Hall–Kier alpha value is -0.0800. The average Bonchev–Trinajstić information content (AvgIpc) is 0.918. The van der Waals surface area contributed by atoms with Crippen molar-refractivity contribution in [2.75, 3.05) is 6.61 Å². The Bertz CT molecular complexity index is 4.00. The van der Waals surface area contributed by atoms with Crippen LogP contribution in [0, 0.1) is 0 Å². The molecule has 0 aromatic carbocycles. The van der Waals surface area contributed by atoms with E-state index in [0.717, 1.165) is 0 Å². The zero-order valence-corrected chi connectivity index (χ0v) is 2.60. The smallest absolute Gasteiger partial charge is 0.0402 e. The number of rotatable bonds is 0. The molecule has 4 heavy (non-hydrogen) atoms. The van der Waals surface area contributed by atoms with Crippen molar-refractivity contribution >= 4 is 0 Å². The molecule has 0 fully saturated rings. The molecule has 0 aromatic rings. The molecular formula is C2H7O2-. The van der Waals surface area contributed by atoms with Crippen molar-refractivity contribution in [3.8, 4) is 0 Å². The largest absolute Gasteiger partial charge is 0.870 e. The van der Waals surface area contributed by atoms with Crippen molar-refractivity contribution in [1.29, 1.82) is 0 Å². The van der Waals surface area contributed by atoms with E-state index in [1.807, 2.05) is 0 Å². The van der Waals surface area contributed by atoms with Crippen molar-refractivity contribution in [2.24, 2.45) is 0 Å². The molecule has 2 nitrogen and oxygen atoms in total. The van der Waals surface area contributed by atoms with Crippen LogP contribution in [-0.4, -0.2) is 17.2 Å². The van der Waals surface area contributed by atoms with Crippen molar-refractivity contribution in [3.63, 3.8) is 0 Å². The molecule has 0 radical (unpaired) electrons. The predicted octanol–water partition coefficient (Wildman–Crippen LogP) is -0.178. The maximum absolute atomic E-state index is 7.57. The fraction of sp³-hybridized carbons (Fsp3) is 1.00. The summed E-state index contributed by atoms with van der Waals surface area (Å²) in [5, 5.41) is 7.57. The van der Waals surface area contributed by atoms with Gasteiger partial charge in [-0.25, -0.2) is 0 Å². The highest BCUT2D eigenvalue weighted by Crippen LogP contribution is 1.30. The number of hydrogen-bond acceptors (Lipinski definition) is 2. The Kier molecular flexibility index (Phi) is 28.8. The molecule has 2 heteroatoms. The summed E-state index contributed by atoms with van der Waals surface area (Å²) in [6, 6.07) is 0. The van der Waals surface area contributed by atoms with E-state index in [9.17, 15) is 0 Å². The molecule has 0 rings (SSSR count). The van der Waals surface area contributed by atoms with Crippen LogP contribution >= 0.6 is 0 Å². The van der Waals surface area contributed by atoms with Gasteiger partial charge in [-0.05, 0) is 6.92 Å². The number of aliphatic hydroxyl groups is 1. The van der Waals surface area contributed by atoms with Gasteiger partial charge in [0.2, 0.25) is 0 Å². The van der Waals surface area contributed by atoms with Gasteiger partial charge in [-0.3, -0.25) is 0 Å². The van der Waals surface area contributed by atoms with E-state index >= 15 is 0 Å². The van der Waals surface area contributed by atoms with Crippen LogP contribution in [0.15, 0.2) is 0 Å². The lowest BCUT2D eigenvalue weighted by molar-refractivity contribution is 0.318. The molecule has 0 aliphatic carbocycles. The van der Waals surface area contributed by atoms with E-state index in [1.54, 1.807) is 6.92 Å². The second kappa shape index (κ2) is 12.7. The molecule has 0 amide bonds. The highest BCUT2D eigenvalue weighted by molar-refractivity contribution is 3.84.